The molecule has 0 amide bonds. The van der Waals surface area contributed by atoms with Gasteiger partial charge in [-0.05, 0) is 28.1 Å². The first-order chi connectivity index (χ1) is 11.3. The molecule has 0 spiro atoms. The minimum Gasteiger partial charge on any atom is -0.479 e. The van der Waals surface area contributed by atoms with Gasteiger partial charge < -0.3 is 34.9 Å². The number of rotatable bonds is 3. The van der Waals surface area contributed by atoms with Crippen molar-refractivity contribution in [1.29, 1.82) is 0 Å². The van der Waals surface area contributed by atoms with E-state index < -0.39 is 36.7 Å². The van der Waals surface area contributed by atoms with Gasteiger partial charge in [0.05, 0.1) is 15.9 Å². The summed E-state index contributed by atoms with van der Waals surface area (Å²) in [5, 5.41) is 39.5. The number of hydrogen-bond acceptors (Lipinski definition) is 6. The molecule has 0 radical (unpaired) electrons. The number of aromatic nitrogens is 1. The fraction of sp³-hybridized carbons (Fsp3) is 0.357. The zero-order valence-corrected chi connectivity index (χ0v) is 14.2. The summed E-state index contributed by atoms with van der Waals surface area (Å²) in [6.07, 6.45) is -8.45. The molecule has 3 rings (SSSR count). The minimum atomic E-state index is -1.78. The Morgan fingerprint density at radius 2 is 1.96 bits per heavy atom. The van der Waals surface area contributed by atoms with Crippen LogP contribution in [0.5, 0.6) is 5.75 Å². The molecule has 2 aromatic rings. The van der Waals surface area contributed by atoms with Gasteiger partial charge in [-0.1, -0.05) is 17.7 Å². The molecule has 130 valence electrons. The highest BCUT2D eigenvalue weighted by molar-refractivity contribution is 9.10. The number of aliphatic carboxylic acids is 1. The summed E-state index contributed by atoms with van der Waals surface area (Å²) in [6.45, 7) is 0. The Bertz CT molecular complexity index is 782. The van der Waals surface area contributed by atoms with E-state index in [4.69, 9.17) is 26.2 Å². The average molecular weight is 423 g/mol. The van der Waals surface area contributed by atoms with Crippen LogP contribution >= 0.6 is 27.5 Å². The summed E-state index contributed by atoms with van der Waals surface area (Å²) in [6, 6.07) is 5.10. The third-order valence-corrected chi connectivity index (χ3v) is 4.60. The third kappa shape index (κ3) is 2.87. The lowest BCUT2D eigenvalue weighted by atomic mass is 9.99. The van der Waals surface area contributed by atoms with Crippen molar-refractivity contribution in [3.63, 3.8) is 0 Å². The van der Waals surface area contributed by atoms with E-state index >= 15 is 0 Å². The third-order valence-electron chi connectivity index (χ3n) is 3.73. The Morgan fingerprint density at radius 1 is 1.25 bits per heavy atom. The lowest BCUT2D eigenvalue weighted by Crippen LogP contribution is -2.61. The quantitative estimate of drug-likeness (QED) is 0.495. The lowest BCUT2D eigenvalue weighted by molar-refractivity contribution is -0.271. The molecule has 1 aromatic carbocycles. The van der Waals surface area contributed by atoms with Gasteiger partial charge in [-0.15, -0.1) is 0 Å². The number of carboxylic acid groups (broad SMARTS) is 1. The lowest BCUT2D eigenvalue weighted by Gasteiger charge is -2.38. The Kier molecular flexibility index (Phi) is 4.73. The Labute approximate surface area is 148 Å². The van der Waals surface area contributed by atoms with Gasteiger partial charge in [0, 0.05) is 0 Å². The molecule has 5 atom stereocenters. The number of hydrogen-bond donors (Lipinski definition) is 5. The van der Waals surface area contributed by atoms with Crippen LogP contribution in [0.2, 0.25) is 5.02 Å². The smallest absolute Gasteiger partial charge is 0.335 e. The number of nitrogens with one attached hydrogen (secondary N) is 1. The molecule has 10 heteroatoms. The monoisotopic (exact) mass is 421 g/mol. The summed E-state index contributed by atoms with van der Waals surface area (Å²) in [5.41, 5.74) is 0.644. The molecule has 1 unspecified atom stereocenters. The number of aliphatic hydroxyl groups is 3. The van der Waals surface area contributed by atoms with Crippen LogP contribution in [0.3, 0.4) is 0 Å². The van der Waals surface area contributed by atoms with E-state index in [-0.39, 0.29) is 5.75 Å². The number of ether oxygens (including phenoxy) is 2. The topological polar surface area (TPSA) is 132 Å². The molecule has 1 saturated heterocycles. The van der Waals surface area contributed by atoms with Crippen LogP contribution in [-0.2, 0) is 9.53 Å². The van der Waals surface area contributed by atoms with Crippen LogP contribution in [-0.4, -0.2) is 62.1 Å². The first kappa shape index (κ1) is 17.5. The van der Waals surface area contributed by atoms with Crippen LogP contribution in [0, 0.1) is 0 Å². The molecule has 1 aliphatic rings. The maximum Gasteiger partial charge on any atom is 0.335 e. The van der Waals surface area contributed by atoms with Gasteiger partial charge in [0.2, 0.25) is 6.29 Å². The summed E-state index contributed by atoms with van der Waals surface area (Å²) in [5.74, 6) is -1.30. The molecular weight excluding hydrogens is 410 g/mol. The highest BCUT2D eigenvalue weighted by Crippen LogP contribution is 2.40. The first-order valence-electron chi connectivity index (χ1n) is 6.86. The number of benzene rings is 1. The predicted molar refractivity (Wildman–Crippen MR) is 86.0 cm³/mol. The fourth-order valence-electron chi connectivity index (χ4n) is 2.52. The SMILES string of the molecule is O=C(O)[C@H]1OC(Oc2c(Br)[nH]c3cccc(Cl)c23)[C@H](O)[C@@H](O)[C@@H]1O. The zero-order chi connectivity index (χ0) is 17.6. The van der Waals surface area contributed by atoms with Crippen molar-refractivity contribution >= 4 is 44.4 Å². The highest BCUT2D eigenvalue weighted by atomic mass is 79.9. The Balaban J connectivity index is 1.96. The van der Waals surface area contributed by atoms with Crippen LogP contribution in [0.1, 0.15) is 0 Å². The van der Waals surface area contributed by atoms with Crippen molar-refractivity contribution in [1.82, 2.24) is 4.98 Å². The minimum absolute atomic E-state index is 0.187. The molecule has 8 nitrogen and oxygen atoms in total. The first-order valence-corrected chi connectivity index (χ1v) is 8.03. The predicted octanol–water partition coefficient (Wildman–Crippen LogP) is 0.855. The molecule has 0 saturated carbocycles. The fourth-order valence-corrected chi connectivity index (χ4v) is 3.29. The second-order valence-corrected chi connectivity index (χ2v) is 6.48. The maximum atomic E-state index is 11.1. The van der Waals surface area contributed by atoms with Crippen molar-refractivity contribution in [2.75, 3.05) is 0 Å². The number of aliphatic hydroxyl groups excluding tert-OH is 3. The van der Waals surface area contributed by atoms with Crippen molar-refractivity contribution in [2.45, 2.75) is 30.7 Å². The molecule has 0 bridgehead atoms. The number of H-pyrrole nitrogens is 1. The molecular formula is C14H13BrClNO7. The molecule has 1 fully saturated rings. The molecule has 2 heterocycles. The van der Waals surface area contributed by atoms with Gasteiger partial charge in [-0.2, -0.15) is 0 Å². The largest absolute Gasteiger partial charge is 0.479 e. The maximum absolute atomic E-state index is 11.1. The van der Waals surface area contributed by atoms with Gasteiger partial charge in [-0.25, -0.2) is 4.79 Å². The summed E-state index contributed by atoms with van der Waals surface area (Å²) in [4.78, 5) is 14.1. The Hall–Kier alpha value is -1.36. The van der Waals surface area contributed by atoms with E-state index in [1.54, 1.807) is 18.2 Å². The summed E-state index contributed by atoms with van der Waals surface area (Å²) >= 11 is 9.41. The van der Waals surface area contributed by atoms with E-state index in [2.05, 4.69) is 20.9 Å². The van der Waals surface area contributed by atoms with Gasteiger partial charge in [0.25, 0.3) is 0 Å². The van der Waals surface area contributed by atoms with Crippen LogP contribution in [0.15, 0.2) is 22.8 Å². The van der Waals surface area contributed by atoms with E-state index in [0.29, 0.717) is 20.5 Å². The number of carboxylic acids is 1. The van der Waals surface area contributed by atoms with Crippen molar-refractivity contribution in [2.24, 2.45) is 0 Å². The average Bonchev–Trinajstić information content (AvgIpc) is 2.84. The van der Waals surface area contributed by atoms with E-state index in [0.717, 1.165) is 0 Å². The van der Waals surface area contributed by atoms with Crippen molar-refractivity contribution < 1.29 is 34.7 Å². The summed E-state index contributed by atoms with van der Waals surface area (Å²) in [7, 11) is 0. The number of halogens is 2. The zero-order valence-electron chi connectivity index (χ0n) is 11.9. The van der Waals surface area contributed by atoms with Crippen molar-refractivity contribution in [3.05, 3.63) is 27.8 Å². The molecule has 24 heavy (non-hydrogen) atoms. The number of aromatic amines is 1. The van der Waals surface area contributed by atoms with Crippen LogP contribution < -0.4 is 4.74 Å². The standard InChI is InChI=1S/C14H13BrClNO7/c15-12-10(6-4(16)2-1-3-5(6)17-12)23-14-9(20)7(18)8(19)11(24-14)13(21)22/h1-3,7-9,11,14,17-20H,(H,21,22)/t7-,8-,9+,11-,14?/m0/s1. The molecule has 1 aromatic heterocycles. The van der Waals surface area contributed by atoms with E-state index in [1.807, 2.05) is 0 Å². The van der Waals surface area contributed by atoms with Gasteiger partial charge in [0.1, 0.15) is 22.9 Å². The van der Waals surface area contributed by atoms with E-state index in [9.17, 15) is 20.1 Å². The number of carbonyl (C=O) groups is 1. The van der Waals surface area contributed by atoms with Crippen molar-refractivity contribution in [3.8, 4) is 5.75 Å². The number of fused-ring (bicyclic) bond motifs is 1. The normalized spacial score (nSPS) is 30.5. The molecule has 0 aliphatic carbocycles. The second kappa shape index (κ2) is 6.51. The van der Waals surface area contributed by atoms with Gasteiger partial charge >= 0.3 is 5.97 Å². The molecule has 1 aliphatic heterocycles. The molecule has 5 N–H and O–H groups in total. The Morgan fingerprint density at radius 3 is 2.62 bits per heavy atom. The highest BCUT2D eigenvalue weighted by Gasteiger charge is 2.48. The van der Waals surface area contributed by atoms with E-state index in [1.165, 1.54) is 0 Å². The van der Waals surface area contributed by atoms with Crippen LogP contribution in [0.4, 0.5) is 0 Å². The second-order valence-electron chi connectivity index (χ2n) is 5.28. The van der Waals surface area contributed by atoms with Gasteiger partial charge in [-0.3, -0.25) is 0 Å². The summed E-state index contributed by atoms with van der Waals surface area (Å²) < 4.78 is 11.1. The van der Waals surface area contributed by atoms with Gasteiger partial charge in [0.15, 0.2) is 11.9 Å². The van der Waals surface area contributed by atoms with Crippen LogP contribution in [0.25, 0.3) is 10.9 Å².